The summed E-state index contributed by atoms with van der Waals surface area (Å²) in [4.78, 5) is 4.06. The zero-order valence-corrected chi connectivity index (χ0v) is 10.7. The quantitative estimate of drug-likeness (QED) is 0.918. The molecule has 2 aromatic rings. The van der Waals surface area contributed by atoms with Gasteiger partial charge in [0.25, 0.3) is 0 Å². The number of nitrogens with one attached hydrogen (secondary N) is 1. The maximum absolute atomic E-state index is 13.5. The Balaban J connectivity index is 2.35. The van der Waals surface area contributed by atoms with E-state index in [1.54, 1.807) is 19.3 Å². The highest BCUT2D eigenvalue weighted by Gasteiger charge is 2.14. The van der Waals surface area contributed by atoms with Crippen LogP contribution in [0.4, 0.5) is 8.78 Å². The summed E-state index contributed by atoms with van der Waals surface area (Å²) < 4.78 is 32.0. The third kappa shape index (κ3) is 3.06. The molecular formula is C14H14F2N2O. The number of nitrogens with zero attached hydrogens (tertiary/aromatic N) is 1. The Labute approximate surface area is 110 Å². The first kappa shape index (κ1) is 13.4. The fraction of sp³-hybridized carbons (Fsp3) is 0.214. The molecule has 0 aliphatic carbocycles. The Morgan fingerprint density at radius 2 is 2.05 bits per heavy atom. The molecule has 5 heteroatoms. The zero-order chi connectivity index (χ0) is 13.8. The van der Waals surface area contributed by atoms with E-state index in [9.17, 15) is 8.78 Å². The molecule has 1 heterocycles. The molecule has 0 amide bonds. The van der Waals surface area contributed by atoms with E-state index in [1.165, 1.54) is 0 Å². The van der Waals surface area contributed by atoms with Gasteiger partial charge in [0.15, 0.2) is 11.6 Å². The molecule has 100 valence electrons. The zero-order valence-electron chi connectivity index (χ0n) is 10.7. The Morgan fingerprint density at radius 1 is 1.26 bits per heavy atom. The van der Waals surface area contributed by atoms with E-state index >= 15 is 0 Å². The molecule has 2 rings (SSSR count). The third-order valence-electron chi connectivity index (χ3n) is 2.80. The number of hydrogen-bond acceptors (Lipinski definition) is 3. The van der Waals surface area contributed by atoms with Crippen molar-refractivity contribution in [1.82, 2.24) is 10.3 Å². The maximum atomic E-state index is 13.5. The Morgan fingerprint density at radius 3 is 2.79 bits per heavy atom. The Kier molecular flexibility index (Phi) is 4.06. The molecule has 0 spiro atoms. The molecule has 0 aliphatic heterocycles. The van der Waals surface area contributed by atoms with Crippen LogP contribution in [-0.4, -0.2) is 12.0 Å². The summed E-state index contributed by atoms with van der Waals surface area (Å²) in [5, 5.41) is 3.05. The summed E-state index contributed by atoms with van der Waals surface area (Å²) in [5.74, 6) is -1.11. The van der Waals surface area contributed by atoms with Crippen molar-refractivity contribution in [2.24, 2.45) is 0 Å². The minimum absolute atomic E-state index is 0.0136. The molecule has 1 unspecified atom stereocenters. The first-order chi connectivity index (χ1) is 9.11. The molecule has 0 saturated heterocycles. The molecule has 3 nitrogen and oxygen atoms in total. The van der Waals surface area contributed by atoms with Gasteiger partial charge in [-0.05, 0) is 32.2 Å². The van der Waals surface area contributed by atoms with Crippen LogP contribution in [0.3, 0.4) is 0 Å². The van der Waals surface area contributed by atoms with Crippen molar-refractivity contribution >= 4 is 0 Å². The van der Waals surface area contributed by atoms with Crippen LogP contribution in [0.25, 0.3) is 0 Å². The number of hydrogen-bond donors (Lipinski definition) is 1. The molecular weight excluding hydrogens is 250 g/mol. The average molecular weight is 264 g/mol. The van der Waals surface area contributed by atoms with E-state index in [0.717, 1.165) is 23.8 Å². The topological polar surface area (TPSA) is 34.2 Å². The van der Waals surface area contributed by atoms with E-state index in [1.807, 2.05) is 13.0 Å². The van der Waals surface area contributed by atoms with Crippen molar-refractivity contribution < 1.29 is 13.5 Å². The van der Waals surface area contributed by atoms with Gasteiger partial charge in [0.2, 0.25) is 5.88 Å². The highest BCUT2D eigenvalue weighted by atomic mass is 19.1. The van der Waals surface area contributed by atoms with Crippen LogP contribution in [0.2, 0.25) is 0 Å². The fourth-order valence-corrected chi connectivity index (χ4v) is 1.63. The molecule has 0 aliphatic rings. The minimum Gasteiger partial charge on any atom is -0.435 e. The van der Waals surface area contributed by atoms with Crippen LogP contribution in [0.15, 0.2) is 36.5 Å². The van der Waals surface area contributed by atoms with Crippen LogP contribution in [0, 0.1) is 11.6 Å². The van der Waals surface area contributed by atoms with Gasteiger partial charge >= 0.3 is 0 Å². The third-order valence-corrected chi connectivity index (χ3v) is 2.80. The smallest absolute Gasteiger partial charge is 0.224 e. The number of rotatable bonds is 4. The van der Waals surface area contributed by atoms with E-state index in [-0.39, 0.29) is 17.7 Å². The second kappa shape index (κ2) is 5.75. The normalized spacial score (nSPS) is 12.2. The van der Waals surface area contributed by atoms with Crippen molar-refractivity contribution in [1.29, 1.82) is 0 Å². The minimum atomic E-state index is -0.630. The predicted octanol–water partition coefficient (Wildman–Crippen LogP) is 3.43. The van der Waals surface area contributed by atoms with Gasteiger partial charge in [-0.25, -0.2) is 13.8 Å². The van der Waals surface area contributed by atoms with E-state index in [4.69, 9.17) is 4.74 Å². The van der Waals surface area contributed by atoms with Gasteiger partial charge in [0.05, 0.1) is 0 Å². The van der Waals surface area contributed by atoms with Gasteiger partial charge in [-0.15, -0.1) is 0 Å². The second-order valence-electron chi connectivity index (χ2n) is 4.08. The summed E-state index contributed by atoms with van der Waals surface area (Å²) in [7, 11) is 1.80. The second-order valence-corrected chi connectivity index (χ2v) is 4.08. The summed E-state index contributed by atoms with van der Waals surface area (Å²) in [6.45, 7) is 1.92. The van der Waals surface area contributed by atoms with Crippen molar-refractivity contribution in [2.45, 2.75) is 13.0 Å². The van der Waals surface area contributed by atoms with E-state index < -0.39 is 11.6 Å². The lowest BCUT2D eigenvalue weighted by atomic mass is 10.1. The number of benzene rings is 1. The largest absolute Gasteiger partial charge is 0.435 e. The van der Waals surface area contributed by atoms with Crippen LogP contribution >= 0.6 is 0 Å². The van der Waals surface area contributed by atoms with Crippen molar-refractivity contribution in [3.8, 4) is 11.6 Å². The van der Waals surface area contributed by atoms with Crippen molar-refractivity contribution in [2.75, 3.05) is 7.05 Å². The number of halogens is 2. The summed E-state index contributed by atoms with van der Waals surface area (Å²) >= 11 is 0. The van der Waals surface area contributed by atoms with Crippen LogP contribution in [-0.2, 0) is 0 Å². The molecule has 0 bridgehead atoms. The lowest BCUT2D eigenvalue weighted by molar-refractivity contribution is 0.412. The highest BCUT2D eigenvalue weighted by Crippen LogP contribution is 2.29. The van der Waals surface area contributed by atoms with Crippen molar-refractivity contribution in [3.05, 3.63) is 53.7 Å². The Bertz CT molecular complexity index is 575. The monoisotopic (exact) mass is 264 g/mol. The van der Waals surface area contributed by atoms with Gasteiger partial charge in [-0.2, -0.15) is 0 Å². The highest BCUT2D eigenvalue weighted by molar-refractivity contribution is 5.34. The van der Waals surface area contributed by atoms with Crippen LogP contribution < -0.4 is 10.1 Å². The van der Waals surface area contributed by atoms with E-state index in [2.05, 4.69) is 10.3 Å². The number of ether oxygens (including phenoxy) is 1. The standard InChI is InChI=1S/C14H14F2N2O/c1-9(17-2)11-4-3-7-18-14(11)19-13-8-10(15)5-6-12(13)16/h3-9,17H,1-2H3. The molecule has 1 aromatic heterocycles. The van der Waals surface area contributed by atoms with Gasteiger partial charge in [0.1, 0.15) is 5.82 Å². The van der Waals surface area contributed by atoms with Crippen LogP contribution in [0.5, 0.6) is 11.6 Å². The van der Waals surface area contributed by atoms with Gasteiger partial charge < -0.3 is 10.1 Å². The number of pyridine rings is 1. The molecule has 19 heavy (non-hydrogen) atoms. The molecule has 1 aromatic carbocycles. The average Bonchev–Trinajstić information content (AvgIpc) is 2.42. The number of aromatic nitrogens is 1. The van der Waals surface area contributed by atoms with Crippen LogP contribution in [0.1, 0.15) is 18.5 Å². The predicted molar refractivity (Wildman–Crippen MR) is 68.1 cm³/mol. The van der Waals surface area contributed by atoms with Gasteiger partial charge in [-0.3, -0.25) is 0 Å². The van der Waals surface area contributed by atoms with Gasteiger partial charge in [-0.1, -0.05) is 6.07 Å². The lowest BCUT2D eigenvalue weighted by Gasteiger charge is -2.15. The van der Waals surface area contributed by atoms with Gasteiger partial charge in [0, 0.05) is 23.9 Å². The van der Waals surface area contributed by atoms with Crippen molar-refractivity contribution in [3.63, 3.8) is 0 Å². The first-order valence-electron chi connectivity index (χ1n) is 5.87. The molecule has 0 radical (unpaired) electrons. The summed E-state index contributed by atoms with van der Waals surface area (Å²) in [6.07, 6.45) is 1.54. The SMILES string of the molecule is CNC(C)c1cccnc1Oc1cc(F)ccc1F. The fourth-order valence-electron chi connectivity index (χ4n) is 1.63. The van der Waals surface area contributed by atoms with E-state index in [0.29, 0.717) is 0 Å². The molecule has 1 N–H and O–H groups in total. The molecule has 0 fully saturated rings. The molecule has 1 atom stereocenters. The Hall–Kier alpha value is -2.01. The molecule has 0 saturated carbocycles. The summed E-state index contributed by atoms with van der Waals surface area (Å²) in [6, 6.07) is 6.63. The summed E-state index contributed by atoms with van der Waals surface area (Å²) in [5.41, 5.74) is 0.772. The first-order valence-corrected chi connectivity index (χ1v) is 5.87. The lowest BCUT2D eigenvalue weighted by Crippen LogP contribution is -2.13. The maximum Gasteiger partial charge on any atom is 0.224 e.